The van der Waals surface area contributed by atoms with Crippen molar-refractivity contribution < 1.29 is 14.6 Å². The second-order valence-electron chi connectivity index (χ2n) is 7.55. The molecular formula is C22H27N5O3. The molecule has 8 nitrogen and oxygen atoms in total. The summed E-state index contributed by atoms with van der Waals surface area (Å²) >= 11 is 0. The highest BCUT2D eigenvalue weighted by atomic mass is 16.5. The quantitative estimate of drug-likeness (QED) is 0.726. The second kappa shape index (κ2) is 8.81. The average Bonchev–Trinajstić information content (AvgIpc) is 2.78. The van der Waals surface area contributed by atoms with Gasteiger partial charge in [-0.15, -0.1) is 0 Å². The smallest absolute Gasteiger partial charge is 0.356 e. The van der Waals surface area contributed by atoms with Crippen molar-refractivity contribution >= 4 is 23.4 Å². The number of hydrogen-bond donors (Lipinski definition) is 2. The van der Waals surface area contributed by atoms with Crippen molar-refractivity contribution in [3.05, 3.63) is 53.1 Å². The van der Waals surface area contributed by atoms with E-state index in [0.29, 0.717) is 5.69 Å². The Kier molecular flexibility index (Phi) is 5.96. The van der Waals surface area contributed by atoms with Crippen LogP contribution in [0.3, 0.4) is 0 Å². The van der Waals surface area contributed by atoms with E-state index in [1.807, 2.05) is 25.3 Å². The molecule has 4 rings (SSSR count). The third-order valence-electron chi connectivity index (χ3n) is 5.63. The number of carbonyl (C=O) groups excluding carboxylic acids is 1. The maximum absolute atomic E-state index is 11.5. The van der Waals surface area contributed by atoms with Crippen molar-refractivity contribution in [1.29, 1.82) is 0 Å². The summed E-state index contributed by atoms with van der Waals surface area (Å²) in [5, 5.41) is 13.3. The molecule has 8 heteroatoms. The van der Waals surface area contributed by atoms with E-state index in [1.54, 1.807) is 12.3 Å². The number of fused-ring (bicyclic) bond motifs is 1. The van der Waals surface area contributed by atoms with Gasteiger partial charge in [-0.1, -0.05) is 6.92 Å². The number of piperazine rings is 1. The number of carbonyl (C=O) groups is 1. The monoisotopic (exact) mass is 409 g/mol. The van der Waals surface area contributed by atoms with Crippen LogP contribution >= 0.6 is 0 Å². The fourth-order valence-corrected chi connectivity index (χ4v) is 3.85. The first-order valence-corrected chi connectivity index (χ1v) is 10.2. The van der Waals surface area contributed by atoms with Crippen LogP contribution < -0.4 is 10.2 Å². The summed E-state index contributed by atoms with van der Waals surface area (Å²) in [6.07, 6.45) is 5.77. The van der Waals surface area contributed by atoms with E-state index < -0.39 is 12.2 Å². The van der Waals surface area contributed by atoms with Crippen molar-refractivity contribution in [2.45, 2.75) is 26.1 Å². The number of nitrogens with one attached hydrogen (secondary N) is 1. The number of aromatic nitrogens is 2. The van der Waals surface area contributed by atoms with Crippen LogP contribution in [0.25, 0.3) is 6.08 Å². The molecule has 0 saturated carbocycles. The zero-order valence-electron chi connectivity index (χ0n) is 17.3. The predicted octanol–water partition coefficient (Wildman–Crippen LogP) is 2.12. The zero-order chi connectivity index (χ0) is 21.1. The van der Waals surface area contributed by atoms with Crippen molar-refractivity contribution in [3.8, 4) is 0 Å². The molecule has 2 N–H and O–H groups in total. The van der Waals surface area contributed by atoms with Crippen molar-refractivity contribution in [1.82, 2.24) is 14.9 Å². The zero-order valence-corrected chi connectivity index (χ0v) is 17.3. The first-order valence-electron chi connectivity index (χ1n) is 10.2. The van der Waals surface area contributed by atoms with E-state index in [0.717, 1.165) is 67.3 Å². The van der Waals surface area contributed by atoms with E-state index in [2.05, 4.69) is 31.2 Å². The van der Waals surface area contributed by atoms with E-state index in [9.17, 15) is 9.90 Å². The summed E-state index contributed by atoms with van der Waals surface area (Å²) < 4.78 is 4.70. The van der Waals surface area contributed by atoms with Gasteiger partial charge in [0.25, 0.3) is 0 Å². The fourth-order valence-electron chi connectivity index (χ4n) is 3.85. The van der Waals surface area contributed by atoms with Crippen LogP contribution in [-0.4, -0.2) is 65.5 Å². The van der Waals surface area contributed by atoms with Crippen LogP contribution in [-0.2, 0) is 11.3 Å². The SMILES string of the molecule is CCC1=Cc2ncc(CN3CCN(c4ccc(C(=O)OC)nc4)CC3)cc2NC1O. The van der Waals surface area contributed by atoms with Crippen LogP contribution in [0.5, 0.6) is 0 Å². The molecular weight excluding hydrogens is 382 g/mol. The molecule has 30 heavy (non-hydrogen) atoms. The molecule has 0 radical (unpaired) electrons. The van der Waals surface area contributed by atoms with E-state index in [1.165, 1.54) is 7.11 Å². The van der Waals surface area contributed by atoms with Crippen molar-refractivity contribution in [2.24, 2.45) is 0 Å². The largest absolute Gasteiger partial charge is 0.464 e. The number of hydrogen-bond acceptors (Lipinski definition) is 8. The number of methoxy groups -OCH3 is 1. The Labute approximate surface area is 176 Å². The topological polar surface area (TPSA) is 90.8 Å². The molecule has 4 heterocycles. The van der Waals surface area contributed by atoms with Gasteiger partial charge in [-0.3, -0.25) is 9.88 Å². The average molecular weight is 409 g/mol. The summed E-state index contributed by atoms with van der Waals surface area (Å²) in [5.74, 6) is -0.423. The Balaban J connectivity index is 1.35. The molecule has 0 amide bonds. The molecule has 1 unspecified atom stereocenters. The summed E-state index contributed by atoms with van der Waals surface area (Å²) in [7, 11) is 1.35. The Morgan fingerprint density at radius 3 is 2.70 bits per heavy atom. The highest BCUT2D eigenvalue weighted by molar-refractivity contribution is 5.87. The molecule has 1 saturated heterocycles. The number of nitrogens with zero attached hydrogens (tertiary/aromatic N) is 4. The minimum Gasteiger partial charge on any atom is -0.464 e. The van der Waals surface area contributed by atoms with E-state index >= 15 is 0 Å². The summed E-state index contributed by atoms with van der Waals surface area (Å²) in [6.45, 7) is 6.46. The molecule has 2 aromatic heterocycles. The lowest BCUT2D eigenvalue weighted by Gasteiger charge is -2.36. The standard InChI is InChI=1S/C22H27N5O3/c1-3-16-11-19-20(25-21(16)28)10-15(12-23-19)14-26-6-8-27(9-7-26)17-4-5-18(24-13-17)22(29)30-2/h4-5,10-13,21,25,28H,3,6-9,14H2,1-2H3. The van der Waals surface area contributed by atoms with Gasteiger partial charge in [0.1, 0.15) is 11.9 Å². The van der Waals surface area contributed by atoms with Crippen LogP contribution in [0.1, 0.15) is 35.1 Å². The third kappa shape index (κ3) is 4.29. The van der Waals surface area contributed by atoms with Gasteiger partial charge in [-0.2, -0.15) is 0 Å². The molecule has 0 bridgehead atoms. The fraction of sp³-hybridized carbons (Fsp3) is 0.409. The lowest BCUT2D eigenvalue weighted by molar-refractivity contribution is 0.0594. The Hall–Kier alpha value is -2.97. The number of aliphatic hydroxyl groups excluding tert-OH is 1. The lowest BCUT2D eigenvalue weighted by atomic mass is 10.0. The molecule has 158 valence electrons. The Morgan fingerprint density at radius 2 is 2.03 bits per heavy atom. The van der Waals surface area contributed by atoms with Gasteiger partial charge in [-0.05, 0) is 41.8 Å². The van der Waals surface area contributed by atoms with Gasteiger partial charge in [0, 0.05) is 38.9 Å². The molecule has 0 spiro atoms. The van der Waals surface area contributed by atoms with Gasteiger partial charge in [0.15, 0.2) is 0 Å². The number of ether oxygens (including phenoxy) is 1. The van der Waals surface area contributed by atoms with Crippen LogP contribution in [0.15, 0.2) is 36.2 Å². The van der Waals surface area contributed by atoms with Gasteiger partial charge in [0.2, 0.25) is 0 Å². The summed E-state index contributed by atoms with van der Waals surface area (Å²) in [4.78, 5) is 25.0. The van der Waals surface area contributed by atoms with E-state index in [-0.39, 0.29) is 0 Å². The summed E-state index contributed by atoms with van der Waals surface area (Å²) in [6, 6.07) is 5.69. The molecule has 0 aliphatic carbocycles. The molecule has 2 aliphatic heterocycles. The highest BCUT2D eigenvalue weighted by Crippen LogP contribution is 2.27. The number of anilines is 2. The molecule has 1 atom stereocenters. The van der Waals surface area contributed by atoms with Gasteiger partial charge in [0.05, 0.1) is 30.4 Å². The van der Waals surface area contributed by atoms with Gasteiger partial charge < -0.3 is 20.1 Å². The molecule has 2 aromatic rings. The minimum atomic E-state index is -0.637. The number of aliphatic hydroxyl groups is 1. The molecule has 2 aliphatic rings. The van der Waals surface area contributed by atoms with E-state index in [4.69, 9.17) is 4.74 Å². The van der Waals surface area contributed by atoms with Crippen LogP contribution in [0.2, 0.25) is 0 Å². The third-order valence-corrected chi connectivity index (χ3v) is 5.63. The first kappa shape index (κ1) is 20.3. The van der Waals surface area contributed by atoms with Crippen molar-refractivity contribution in [2.75, 3.05) is 43.5 Å². The van der Waals surface area contributed by atoms with Crippen LogP contribution in [0, 0.1) is 0 Å². The first-order chi connectivity index (χ1) is 14.6. The Bertz CT molecular complexity index is 936. The summed E-state index contributed by atoms with van der Waals surface area (Å²) in [5.41, 5.74) is 5.17. The maximum atomic E-state index is 11.5. The minimum absolute atomic E-state index is 0.319. The number of pyridine rings is 2. The highest BCUT2D eigenvalue weighted by Gasteiger charge is 2.21. The van der Waals surface area contributed by atoms with Crippen molar-refractivity contribution in [3.63, 3.8) is 0 Å². The second-order valence-corrected chi connectivity index (χ2v) is 7.55. The lowest BCUT2D eigenvalue weighted by Crippen LogP contribution is -2.46. The van der Waals surface area contributed by atoms with Gasteiger partial charge in [-0.25, -0.2) is 9.78 Å². The maximum Gasteiger partial charge on any atom is 0.356 e. The number of esters is 1. The van der Waals surface area contributed by atoms with Crippen LogP contribution in [0.4, 0.5) is 11.4 Å². The van der Waals surface area contributed by atoms with Gasteiger partial charge >= 0.3 is 5.97 Å². The normalized spacial score (nSPS) is 19.0. The molecule has 0 aromatic carbocycles. The predicted molar refractivity (Wildman–Crippen MR) is 115 cm³/mol. The Morgan fingerprint density at radius 1 is 1.23 bits per heavy atom. The number of rotatable bonds is 5. The molecule has 1 fully saturated rings.